The smallest absolute Gasteiger partial charge is 0.341 e. The van der Waals surface area contributed by atoms with E-state index in [2.05, 4.69) is 0 Å². The van der Waals surface area contributed by atoms with E-state index in [0.29, 0.717) is 35.1 Å². The number of halogens is 1. The van der Waals surface area contributed by atoms with Crippen LogP contribution < -0.4 is 10.3 Å². The van der Waals surface area contributed by atoms with Gasteiger partial charge in [-0.25, -0.2) is 13.2 Å². The molecule has 0 bridgehead atoms. The molecule has 9 heteroatoms. The van der Waals surface area contributed by atoms with Crippen LogP contribution in [-0.4, -0.2) is 30.7 Å². The minimum absolute atomic E-state index is 0.0670. The van der Waals surface area contributed by atoms with Crippen molar-refractivity contribution in [2.45, 2.75) is 55.2 Å². The molecule has 0 radical (unpaired) electrons. The quantitative estimate of drug-likeness (QED) is 0.711. The summed E-state index contributed by atoms with van der Waals surface area (Å²) in [6.45, 7) is 2.01. The number of nitrogens with zero attached hydrogens (tertiary/aromatic N) is 1. The van der Waals surface area contributed by atoms with Gasteiger partial charge in [0, 0.05) is 17.7 Å². The number of fused-ring (bicyclic) bond motifs is 3. The van der Waals surface area contributed by atoms with Crippen LogP contribution in [0.2, 0.25) is 5.02 Å². The zero-order chi connectivity index (χ0) is 22.1. The second-order valence-electron chi connectivity index (χ2n) is 8.65. The molecule has 0 spiro atoms. The molecule has 2 saturated carbocycles. The summed E-state index contributed by atoms with van der Waals surface area (Å²) >= 11 is 6.47. The highest BCUT2D eigenvalue weighted by molar-refractivity contribution is 7.92. The largest absolute Gasteiger partial charge is 0.492 e. The van der Waals surface area contributed by atoms with Crippen LogP contribution in [-0.2, 0) is 9.84 Å². The molecule has 7 nitrogen and oxygen atoms in total. The molecular formula is C22H22ClNO6S. The molecule has 1 N–H and O–H groups in total. The predicted molar refractivity (Wildman–Crippen MR) is 115 cm³/mol. The van der Waals surface area contributed by atoms with Crippen LogP contribution in [0, 0.1) is 5.92 Å². The Balaban J connectivity index is 1.74. The highest BCUT2D eigenvalue weighted by Crippen LogP contribution is 2.49. The van der Waals surface area contributed by atoms with Crippen molar-refractivity contribution in [1.82, 2.24) is 4.57 Å². The number of carboxylic acids is 1. The van der Waals surface area contributed by atoms with E-state index in [1.165, 1.54) is 36.1 Å². The standard InChI is InChI=1S/C22H22ClNO6S/c1-11-14-7-16(22(26)27)21(25)24(13-5-6-13)20(14)15-8-17(23)18(9-19(15)31(11,28)29)30-10-12-3-2-4-12/h7-9,11-13H,2-6,10H2,1H3,(H,26,27). The van der Waals surface area contributed by atoms with E-state index in [4.69, 9.17) is 16.3 Å². The predicted octanol–water partition coefficient (Wildman–Crippen LogP) is 4.23. The number of sulfone groups is 1. The second-order valence-corrected chi connectivity index (χ2v) is 11.3. The molecule has 2 aromatic rings. The lowest BCUT2D eigenvalue weighted by Gasteiger charge is -2.30. The summed E-state index contributed by atoms with van der Waals surface area (Å²) in [5.74, 6) is -0.595. The minimum atomic E-state index is -3.83. The number of pyridine rings is 1. The van der Waals surface area contributed by atoms with Gasteiger partial charge in [-0.05, 0) is 56.2 Å². The minimum Gasteiger partial charge on any atom is -0.492 e. The maximum atomic E-state index is 13.4. The molecule has 5 rings (SSSR count). The first-order valence-electron chi connectivity index (χ1n) is 10.4. The number of aromatic carboxylic acids is 1. The lowest BCUT2D eigenvalue weighted by atomic mass is 9.86. The van der Waals surface area contributed by atoms with Crippen LogP contribution >= 0.6 is 11.6 Å². The van der Waals surface area contributed by atoms with E-state index < -0.39 is 32.2 Å². The van der Waals surface area contributed by atoms with Gasteiger partial charge in [0.2, 0.25) is 0 Å². The summed E-state index contributed by atoms with van der Waals surface area (Å²) < 4.78 is 34.0. The number of carboxylic acid groups (broad SMARTS) is 1. The maximum Gasteiger partial charge on any atom is 0.341 e. The molecule has 0 saturated heterocycles. The summed E-state index contributed by atoms with van der Waals surface area (Å²) in [5.41, 5.74) is 0.0585. The molecule has 164 valence electrons. The van der Waals surface area contributed by atoms with Crippen LogP contribution in [0.25, 0.3) is 11.3 Å². The molecular weight excluding hydrogens is 442 g/mol. The monoisotopic (exact) mass is 463 g/mol. The first-order valence-corrected chi connectivity index (χ1v) is 12.4. The number of carbonyl (C=O) groups is 1. The van der Waals surface area contributed by atoms with Gasteiger partial charge in [0.05, 0.1) is 27.5 Å². The highest BCUT2D eigenvalue weighted by Gasteiger charge is 2.41. The Hall–Kier alpha value is -2.32. The molecule has 31 heavy (non-hydrogen) atoms. The third kappa shape index (κ3) is 3.19. The van der Waals surface area contributed by atoms with Crippen LogP contribution in [0.4, 0.5) is 0 Å². The third-order valence-corrected chi connectivity index (χ3v) is 9.04. The van der Waals surface area contributed by atoms with Gasteiger partial charge >= 0.3 is 5.97 Å². The number of rotatable bonds is 5. The van der Waals surface area contributed by atoms with Gasteiger partial charge in [-0.15, -0.1) is 0 Å². The topological polar surface area (TPSA) is 103 Å². The Bertz CT molecular complexity index is 1270. The van der Waals surface area contributed by atoms with E-state index in [-0.39, 0.29) is 16.0 Å². The van der Waals surface area contributed by atoms with Gasteiger partial charge in [0.25, 0.3) is 5.56 Å². The second kappa shape index (κ2) is 7.10. The van der Waals surface area contributed by atoms with Crippen molar-refractivity contribution in [3.05, 3.63) is 44.7 Å². The van der Waals surface area contributed by atoms with E-state index >= 15 is 0 Å². The van der Waals surface area contributed by atoms with Gasteiger partial charge in [-0.3, -0.25) is 4.79 Å². The maximum absolute atomic E-state index is 13.4. The zero-order valence-electron chi connectivity index (χ0n) is 16.9. The molecule has 1 aliphatic heterocycles. The Morgan fingerprint density at radius 2 is 1.94 bits per heavy atom. The molecule has 0 amide bonds. The van der Waals surface area contributed by atoms with Gasteiger partial charge in [-0.2, -0.15) is 0 Å². The van der Waals surface area contributed by atoms with Crippen molar-refractivity contribution in [2.24, 2.45) is 5.92 Å². The van der Waals surface area contributed by atoms with Crippen molar-refractivity contribution in [3.63, 3.8) is 0 Å². The summed E-state index contributed by atoms with van der Waals surface area (Å²) in [6.07, 6.45) is 4.83. The average Bonchev–Trinajstić information content (AvgIpc) is 3.50. The molecule has 1 unspecified atom stereocenters. The van der Waals surface area contributed by atoms with Crippen molar-refractivity contribution in [1.29, 1.82) is 0 Å². The molecule has 2 aliphatic carbocycles. The van der Waals surface area contributed by atoms with Gasteiger partial charge < -0.3 is 14.4 Å². The SMILES string of the molecule is CC1c2cc(C(=O)O)c(=O)n(C3CC3)c2-c2cc(Cl)c(OCC3CCC3)cc2S1(=O)=O. The lowest BCUT2D eigenvalue weighted by Crippen LogP contribution is -2.31. The number of hydrogen-bond acceptors (Lipinski definition) is 5. The van der Waals surface area contributed by atoms with Crippen molar-refractivity contribution in [3.8, 4) is 17.0 Å². The first kappa shape index (κ1) is 20.6. The van der Waals surface area contributed by atoms with E-state index in [9.17, 15) is 23.1 Å². The molecule has 3 aliphatic rings. The Labute approximate surface area is 184 Å². The van der Waals surface area contributed by atoms with Gasteiger partial charge in [0.1, 0.15) is 11.3 Å². The molecule has 1 atom stereocenters. The summed E-state index contributed by atoms with van der Waals surface area (Å²) in [6, 6.07) is 4.06. The number of ether oxygens (including phenoxy) is 1. The number of benzene rings is 1. The Kier molecular flexibility index (Phi) is 4.71. The van der Waals surface area contributed by atoms with Crippen LogP contribution in [0.15, 0.2) is 27.9 Å². The fourth-order valence-corrected chi connectivity index (χ4v) is 6.22. The van der Waals surface area contributed by atoms with E-state index in [1.807, 2.05) is 0 Å². The van der Waals surface area contributed by atoms with Crippen molar-refractivity contribution in [2.75, 3.05) is 6.61 Å². The first-order chi connectivity index (χ1) is 14.7. The van der Waals surface area contributed by atoms with Crippen LogP contribution in [0.3, 0.4) is 0 Å². The molecule has 2 heterocycles. The molecule has 2 fully saturated rings. The van der Waals surface area contributed by atoms with Crippen LogP contribution in [0.1, 0.15) is 66.2 Å². The van der Waals surface area contributed by atoms with Gasteiger partial charge in [-0.1, -0.05) is 18.0 Å². The van der Waals surface area contributed by atoms with Gasteiger partial charge in [0.15, 0.2) is 9.84 Å². The average molecular weight is 464 g/mol. The third-order valence-electron chi connectivity index (χ3n) is 6.60. The van der Waals surface area contributed by atoms with E-state index in [1.54, 1.807) is 0 Å². The summed E-state index contributed by atoms with van der Waals surface area (Å²) in [7, 11) is -3.83. The summed E-state index contributed by atoms with van der Waals surface area (Å²) in [4.78, 5) is 24.7. The highest BCUT2D eigenvalue weighted by atomic mass is 35.5. The fraction of sp³-hybridized carbons (Fsp3) is 0.455. The van der Waals surface area contributed by atoms with E-state index in [0.717, 1.165) is 25.7 Å². The lowest BCUT2D eigenvalue weighted by molar-refractivity contribution is 0.0694. The Morgan fingerprint density at radius 3 is 2.52 bits per heavy atom. The normalized spacial score (nSPS) is 21.7. The van der Waals surface area contributed by atoms with Crippen molar-refractivity contribution < 1.29 is 23.1 Å². The van der Waals surface area contributed by atoms with Crippen LogP contribution in [0.5, 0.6) is 5.75 Å². The number of aromatic nitrogens is 1. The molecule has 1 aromatic carbocycles. The Morgan fingerprint density at radius 1 is 1.23 bits per heavy atom. The summed E-state index contributed by atoms with van der Waals surface area (Å²) in [5, 5.41) is 8.78. The van der Waals surface area contributed by atoms with Crippen molar-refractivity contribution >= 4 is 27.4 Å². The fourth-order valence-electron chi connectivity index (χ4n) is 4.38. The number of hydrogen-bond donors (Lipinski definition) is 1. The molecule has 1 aromatic heterocycles. The zero-order valence-corrected chi connectivity index (χ0v) is 18.5.